The largest absolute Gasteiger partial charge is 0.480 e. The molecule has 2 aliphatic rings. The van der Waals surface area contributed by atoms with E-state index in [0.29, 0.717) is 0 Å². The number of benzene rings is 2. The van der Waals surface area contributed by atoms with E-state index in [4.69, 9.17) is 9.47 Å². The number of carboxylic acid groups (broad SMARTS) is 1. The van der Waals surface area contributed by atoms with Gasteiger partial charge in [0.1, 0.15) is 6.61 Å². The molecule has 3 atom stereocenters. The van der Waals surface area contributed by atoms with Crippen LogP contribution in [0.4, 0.5) is 4.79 Å². The van der Waals surface area contributed by atoms with Crippen molar-refractivity contribution in [2.45, 2.75) is 31.8 Å². The van der Waals surface area contributed by atoms with E-state index < -0.39 is 30.1 Å². The minimum atomic E-state index is -1.10. The summed E-state index contributed by atoms with van der Waals surface area (Å²) in [6, 6.07) is 14.6. The van der Waals surface area contributed by atoms with Gasteiger partial charge in [0, 0.05) is 18.5 Å². The number of hydrogen-bond donors (Lipinski definition) is 2. The van der Waals surface area contributed by atoms with Gasteiger partial charge in [-0.3, -0.25) is 4.79 Å². The van der Waals surface area contributed by atoms with Gasteiger partial charge in [-0.05, 0) is 29.2 Å². The van der Waals surface area contributed by atoms with Crippen LogP contribution in [0.15, 0.2) is 48.5 Å². The van der Waals surface area contributed by atoms with Crippen LogP contribution in [0.25, 0.3) is 11.1 Å². The number of carboxylic acids is 1. The Morgan fingerprint density at radius 1 is 1.09 bits per heavy atom. The summed E-state index contributed by atoms with van der Waals surface area (Å²) in [6.07, 6.45) is -0.610. The lowest BCUT2D eigenvalue weighted by molar-refractivity contribution is -0.160. The number of rotatable bonds is 6. The molecule has 8 nitrogen and oxygen atoms in total. The number of ether oxygens (including phenoxy) is 2. The molecule has 0 radical (unpaired) electrons. The van der Waals surface area contributed by atoms with Crippen LogP contribution < -0.4 is 5.32 Å². The first kappa shape index (κ1) is 22.8. The molecular formula is C25H28N2O6. The second kappa shape index (κ2) is 9.62. The summed E-state index contributed by atoms with van der Waals surface area (Å²) in [7, 11) is 0. The maximum Gasteiger partial charge on any atom is 0.407 e. The molecule has 0 saturated carbocycles. The van der Waals surface area contributed by atoms with Crippen LogP contribution in [0, 0.1) is 5.92 Å². The molecule has 1 fully saturated rings. The topological polar surface area (TPSA) is 105 Å². The van der Waals surface area contributed by atoms with Gasteiger partial charge < -0.3 is 24.8 Å². The van der Waals surface area contributed by atoms with Crippen molar-refractivity contribution in [1.82, 2.24) is 10.2 Å². The van der Waals surface area contributed by atoms with Gasteiger partial charge in [0.15, 0.2) is 6.04 Å². The molecule has 8 heteroatoms. The molecule has 2 aromatic carbocycles. The Labute approximate surface area is 192 Å². The van der Waals surface area contributed by atoms with Gasteiger partial charge in [-0.15, -0.1) is 0 Å². The molecule has 33 heavy (non-hydrogen) atoms. The van der Waals surface area contributed by atoms with Gasteiger partial charge in [-0.25, -0.2) is 9.59 Å². The van der Waals surface area contributed by atoms with E-state index in [9.17, 15) is 19.5 Å². The summed E-state index contributed by atoms with van der Waals surface area (Å²) in [6.45, 7) is 4.01. The fourth-order valence-electron chi connectivity index (χ4n) is 4.50. The summed E-state index contributed by atoms with van der Waals surface area (Å²) >= 11 is 0. The van der Waals surface area contributed by atoms with Crippen molar-refractivity contribution in [2.75, 3.05) is 26.4 Å². The summed E-state index contributed by atoms with van der Waals surface area (Å²) < 4.78 is 10.8. The molecule has 1 aliphatic carbocycles. The van der Waals surface area contributed by atoms with Gasteiger partial charge in [-0.2, -0.15) is 0 Å². The number of morpholine rings is 1. The van der Waals surface area contributed by atoms with E-state index in [1.165, 1.54) is 4.90 Å². The van der Waals surface area contributed by atoms with Crippen molar-refractivity contribution in [3.63, 3.8) is 0 Å². The molecule has 1 saturated heterocycles. The number of fused-ring (bicyclic) bond motifs is 3. The van der Waals surface area contributed by atoms with Crippen molar-refractivity contribution in [2.24, 2.45) is 5.92 Å². The molecule has 0 spiro atoms. The molecule has 4 rings (SSSR count). The molecule has 2 aromatic rings. The lowest BCUT2D eigenvalue weighted by Gasteiger charge is -2.35. The maximum atomic E-state index is 12.9. The van der Waals surface area contributed by atoms with Crippen molar-refractivity contribution in [1.29, 1.82) is 0 Å². The quantitative estimate of drug-likeness (QED) is 0.698. The summed E-state index contributed by atoms with van der Waals surface area (Å²) in [5.41, 5.74) is 4.53. The Morgan fingerprint density at radius 2 is 1.70 bits per heavy atom. The van der Waals surface area contributed by atoms with Gasteiger partial charge in [0.2, 0.25) is 5.91 Å². The predicted octanol–water partition coefficient (Wildman–Crippen LogP) is 2.86. The fraction of sp³-hybridized carbons (Fsp3) is 0.400. The number of alkyl carbamates (subject to hydrolysis) is 1. The Balaban J connectivity index is 1.36. The smallest absolute Gasteiger partial charge is 0.407 e. The molecule has 174 valence electrons. The van der Waals surface area contributed by atoms with E-state index in [-0.39, 0.29) is 38.2 Å². The van der Waals surface area contributed by atoms with Crippen molar-refractivity contribution in [3.8, 4) is 11.1 Å². The van der Waals surface area contributed by atoms with Crippen molar-refractivity contribution >= 4 is 18.0 Å². The van der Waals surface area contributed by atoms with Gasteiger partial charge >= 0.3 is 12.1 Å². The van der Waals surface area contributed by atoms with Crippen LogP contribution >= 0.6 is 0 Å². The summed E-state index contributed by atoms with van der Waals surface area (Å²) in [5, 5.41) is 12.1. The number of nitrogens with one attached hydrogen (secondary N) is 1. The van der Waals surface area contributed by atoms with Gasteiger partial charge in [0.25, 0.3) is 0 Å². The van der Waals surface area contributed by atoms with E-state index in [0.717, 1.165) is 22.3 Å². The van der Waals surface area contributed by atoms with E-state index in [2.05, 4.69) is 17.4 Å². The molecule has 0 bridgehead atoms. The van der Waals surface area contributed by atoms with Crippen LogP contribution in [0.3, 0.4) is 0 Å². The van der Waals surface area contributed by atoms with Crippen molar-refractivity contribution < 1.29 is 29.0 Å². The lowest BCUT2D eigenvalue weighted by atomic mass is 9.98. The fourth-order valence-corrected chi connectivity index (χ4v) is 4.50. The normalized spacial score (nSPS) is 19.2. The molecule has 2 N–H and O–H groups in total. The lowest BCUT2D eigenvalue weighted by Crippen LogP contribution is -2.56. The van der Waals surface area contributed by atoms with Crippen LogP contribution in [-0.4, -0.2) is 66.4 Å². The standard InChI is InChI=1S/C25H28N2O6/c1-15(23(28)27-11-12-32-14-22(27)24(29)30)16(2)26-25(31)33-13-21-19-9-5-3-7-17(19)18-8-4-6-10-20(18)21/h3-10,15-16,21-22H,11-14H2,1-2H3,(H,26,31)(H,29,30). The first-order valence-electron chi connectivity index (χ1n) is 11.1. The maximum absolute atomic E-state index is 12.9. The third-order valence-electron chi connectivity index (χ3n) is 6.53. The molecular weight excluding hydrogens is 424 g/mol. The average molecular weight is 453 g/mol. The Bertz CT molecular complexity index is 1010. The Morgan fingerprint density at radius 3 is 2.30 bits per heavy atom. The number of carbonyl (C=O) groups is 3. The minimum Gasteiger partial charge on any atom is -0.480 e. The molecule has 2 amide bonds. The van der Waals surface area contributed by atoms with Crippen molar-refractivity contribution in [3.05, 3.63) is 59.7 Å². The SMILES string of the molecule is CC(NC(=O)OCC1c2ccccc2-c2ccccc21)C(C)C(=O)N1CCOCC1C(=O)O. The molecule has 0 aromatic heterocycles. The highest BCUT2D eigenvalue weighted by molar-refractivity contribution is 5.86. The number of hydrogen-bond acceptors (Lipinski definition) is 5. The second-order valence-electron chi connectivity index (χ2n) is 8.51. The van der Waals surface area contributed by atoms with E-state index in [1.54, 1.807) is 13.8 Å². The Kier molecular flexibility index (Phi) is 6.65. The van der Waals surface area contributed by atoms with Crippen LogP contribution in [0.1, 0.15) is 30.9 Å². The zero-order valence-corrected chi connectivity index (χ0v) is 18.7. The third-order valence-corrected chi connectivity index (χ3v) is 6.53. The predicted molar refractivity (Wildman–Crippen MR) is 121 cm³/mol. The highest BCUT2D eigenvalue weighted by Crippen LogP contribution is 2.44. The number of amides is 2. The Hall–Kier alpha value is -3.39. The number of nitrogens with zero attached hydrogens (tertiary/aromatic N) is 1. The summed E-state index contributed by atoms with van der Waals surface area (Å²) in [5.74, 6) is -2.11. The summed E-state index contributed by atoms with van der Waals surface area (Å²) in [4.78, 5) is 38.2. The zero-order valence-electron chi connectivity index (χ0n) is 18.7. The zero-order chi connectivity index (χ0) is 23.5. The second-order valence-corrected chi connectivity index (χ2v) is 8.51. The highest BCUT2D eigenvalue weighted by atomic mass is 16.5. The first-order chi connectivity index (χ1) is 15.9. The highest BCUT2D eigenvalue weighted by Gasteiger charge is 2.37. The van der Waals surface area contributed by atoms with E-state index in [1.807, 2.05) is 36.4 Å². The van der Waals surface area contributed by atoms with E-state index >= 15 is 0 Å². The van der Waals surface area contributed by atoms with Gasteiger partial charge in [0.05, 0.1) is 19.1 Å². The van der Waals surface area contributed by atoms with Crippen LogP contribution in [0.2, 0.25) is 0 Å². The monoisotopic (exact) mass is 452 g/mol. The third kappa shape index (κ3) is 4.57. The number of carbonyl (C=O) groups excluding carboxylic acids is 2. The molecule has 3 unspecified atom stereocenters. The van der Waals surface area contributed by atoms with Crippen LogP contribution in [-0.2, 0) is 19.1 Å². The first-order valence-corrected chi connectivity index (χ1v) is 11.1. The van der Waals surface area contributed by atoms with Crippen LogP contribution in [0.5, 0.6) is 0 Å². The molecule has 1 aliphatic heterocycles. The number of aliphatic carboxylic acids is 1. The van der Waals surface area contributed by atoms with Gasteiger partial charge in [-0.1, -0.05) is 55.5 Å². The minimum absolute atomic E-state index is 0.0397. The molecule has 1 heterocycles. The average Bonchev–Trinajstić information content (AvgIpc) is 3.15.